The van der Waals surface area contributed by atoms with Gasteiger partial charge in [0, 0.05) is 29.9 Å². The van der Waals surface area contributed by atoms with Crippen LogP contribution in [0.5, 0.6) is 0 Å². The minimum absolute atomic E-state index is 0.338. The van der Waals surface area contributed by atoms with Gasteiger partial charge >= 0.3 is 0 Å². The Hall–Kier alpha value is -1.13. The van der Waals surface area contributed by atoms with Crippen molar-refractivity contribution >= 4 is 5.82 Å². The smallest absolute Gasteiger partial charge is 0.128 e. The molecule has 0 amide bonds. The first-order valence-electron chi connectivity index (χ1n) is 7.30. The van der Waals surface area contributed by atoms with Crippen molar-refractivity contribution in [1.82, 2.24) is 15.2 Å². The Kier molecular flexibility index (Phi) is 3.46. The standard InChI is InChI=1S/C15H24N4/c1-17-14(13-4-3-7-18-15(13)16)10-8-11-5-6-12(9-10)19(11)2/h3-4,7,10-12,14,17H,5-6,8-9H2,1-2H3,(H2,16,18). The van der Waals surface area contributed by atoms with E-state index in [1.807, 2.05) is 13.1 Å². The van der Waals surface area contributed by atoms with Gasteiger partial charge in [-0.15, -0.1) is 0 Å². The van der Waals surface area contributed by atoms with Gasteiger partial charge in [0.15, 0.2) is 0 Å². The summed E-state index contributed by atoms with van der Waals surface area (Å²) in [6.07, 6.45) is 7.02. The molecular weight excluding hydrogens is 236 g/mol. The zero-order valence-corrected chi connectivity index (χ0v) is 11.8. The second-order valence-corrected chi connectivity index (χ2v) is 6.03. The second kappa shape index (κ2) is 5.10. The summed E-state index contributed by atoms with van der Waals surface area (Å²) in [4.78, 5) is 6.82. The van der Waals surface area contributed by atoms with E-state index in [9.17, 15) is 0 Å². The van der Waals surface area contributed by atoms with E-state index < -0.39 is 0 Å². The average molecular weight is 260 g/mol. The van der Waals surface area contributed by atoms with E-state index in [4.69, 9.17) is 5.73 Å². The van der Waals surface area contributed by atoms with Gasteiger partial charge in [0.25, 0.3) is 0 Å². The van der Waals surface area contributed by atoms with Gasteiger partial charge in [0.2, 0.25) is 0 Å². The van der Waals surface area contributed by atoms with E-state index in [1.165, 1.54) is 31.2 Å². The van der Waals surface area contributed by atoms with Gasteiger partial charge in [-0.05, 0) is 51.8 Å². The zero-order chi connectivity index (χ0) is 13.4. The highest BCUT2D eigenvalue weighted by molar-refractivity contribution is 5.41. The number of nitrogen functional groups attached to an aromatic ring is 1. The number of nitrogens with zero attached hydrogens (tertiary/aromatic N) is 2. The highest BCUT2D eigenvalue weighted by atomic mass is 15.2. The van der Waals surface area contributed by atoms with Gasteiger partial charge in [0.1, 0.15) is 5.82 Å². The molecule has 1 aromatic rings. The normalized spacial score (nSPS) is 32.4. The predicted molar refractivity (Wildman–Crippen MR) is 77.7 cm³/mol. The molecule has 3 heterocycles. The molecule has 0 aromatic carbocycles. The van der Waals surface area contributed by atoms with Gasteiger partial charge < -0.3 is 16.0 Å². The molecule has 3 rings (SSSR count). The molecule has 2 saturated heterocycles. The third-order valence-corrected chi connectivity index (χ3v) is 5.12. The molecule has 2 bridgehead atoms. The SMILES string of the molecule is CNC(c1cccnc1N)C1CC2CCC(C1)N2C. The lowest BCUT2D eigenvalue weighted by molar-refractivity contribution is 0.114. The van der Waals surface area contributed by atoms with Crippen LogP contribution in [-0.2, 0) is 0 Å². The highest BCUT2D eigenvalue weighted by Gasteiger charge is 2.41. The van der Waals surface area contributed by atoms with Gasteiger partial charge in [-0.3, -0.25) is 0 Å². The average Bonchev–Trinajstić information content (AvgIpc) is 2.65. The van der Waals surface area contributed by atoms with E-state index in [2.05, 4.69) is 28.3 Å². The van der Waals surface area contributed by atoms with Crippen molar-refractivity contribution in [3.8, 4) is 0 Å². The van der Waals surface area contributed by atoms with Crippen molar-refractivity contribution in [3.63, 3.8) is 0 Å². The minimum atomic E-state index is 0.338. The zero-order valence-electron chi connectivity index (χ0n) is 11.8. The third-order valence-electron chi connectivity index (χ3n) is 5.12. The molecule has 4 heteroatoms. The summed E-state index contributed by atoms with van der Waals surface area (Å²) >= 11 is 0. The number of pyridine rings is 1. The Bertz CT molecular complexity index is 434. The van der Waals surface area contributed by atoms with Crippen molar-refractivity contribution in [2.45, 2.75) is 43.8 Å². The van der Waals surface area contributed by atoms with Crippen LogP contribution in [0.15, 0.2) is 18.3 Å². The molecule has 104 valence electrons. The Labute approximate surface area is 115 Å². The molecule has 0 spiro atoms. The number of hydrogen-bond acceptors (Lipinski definition) is 4. The molecule has 2 aliphatic heterocycles. The van der Waals surface area contributed by atoms with Gasteiger partial charge in [-0.1, -0.05) is 6.07 Å². The molecule has 3 atom stereocenters. The van der Waals surface area contributed by atoms with Crippen LogP contribution >= 0.6 is 0 Å². The van der Waals surface area contributed by atoms with Gasteiger partial charge in [-0.25, -0.2) is 4.98 Å². The predicted octanol–water partition coefficient (Wildman–Crippen LogP) is 1.80. The maximum absolute atomic E-state index is 6.05. The Balaban J connectivity index is 1.82. The number of nitrogens with one attached hydrogen (secondary N) is 1. The fourth-order valence-corrected chi connectivity index (χ4v) is 4.06. The van der Waals surface area contributed by atoms with E-state index >= 15 is 0 Å². The number of aromatic nitrogens is 1. The summed E-state index contributed by atoms with van der Waals surface area (Å²) in [5.41, 5.74) is 7.22. The fraction of sp³-hybridized carbons (Fsp3) is 0.667. The maximum atomic E-state index is 6.05. The van der Waals surface area contributed by atoms with Crippen LogP contribution < -0.4 is 11.1 Å². The van der Waals surface area contributed by atoms with Crippen molar-refractivity contribution < 1.29 is 0 Å². The molecule has 4 nitrogen and oxygen atoms in total. The van der Waals surface area contributed by atoms with Gasteiger partial charge in [0.05, 0.1) is 0 Å². The largest absolute Gasteiger partial charge is 0.383 e. The lowest BCUT2D eigenvalue weighted by Gasteiger charge is -2.40. The summed E-state index contributed by atoms with van der Waals surface area (Å²) in [6, 6.07) is 5.96. The molecule has 0 aliphatic carbocycles. The first-order valence-corrected chi connectivity index (χ1v) is 7.30. The van der Waals surface area contributed by atoms with Crippen molar-refractivity contribution in [2.75, 3.05) is 19.8 Å². The Morgan fingerprint density at radius 3 is 2.63 bits per heavy atom. The molecule has 3 unspecified atom stereocenters. The minimum Gasteiger partial charge on any atom is -0.383 e. The highest BCUT2D eigenvalue weighted by Crippen LogP contribution is 2.42. The van der Waals surface area contributed by atoms with E-state index in [-0.39, 0.29) is 0 Å². The second-order valence-electron chi connectivity index (χ2n) is 6.03. The third kappa shape index (κ3) is 2.23. The monoisotopic (exact) mass is 260 g/mol. The van der Waals surface area contributed by atoms with Crippen LogP contribution in [0.2, 0.25) is 0 Å². The van der Waals surface area contributed by atoms with Crippen LogP contribution in [0.4, 0.5) is 5.82 Å². The number of nitrogens with two attached hydrogens (primary N) is 1. The van der Waals surface area contributed by atoms with E-state index in [0.717, 1.165) is 12.1 Å². The van der Waals surface area contributed by atoms with Crippen LogP contribution in [-0.4, -0.2) is 36.1 Å². The quantitative estimate of drug-likeness (QED) is 0.870. The van der Waals surface area contributed by atoms with E-state index in [1.54, 1.807) is 6.20 Å². The van der Waals surface area contributed by atoms with Gasteiger partial charge in [-0.2, -0.15) is 0 Å². The van der Waals surface area contributed by atoms with Crippen LogP contribution in [0.25, 0.3) is 0 Å². The summed E-state index contributed by atoms with van der Waals surface area (Å²) in [5.74, 6) is 1.35. The molecule has 1 aromatic heterocycles. The molecule has 0 saturated carbocycles. The number of piperidine rings is 1. The van der Waals surface area contributed by atoms with Crippen LogP contribution in [0.3, 0.4) is 0 Å². The first-order chi connectivity index (χ1) is 9.20. The summed E-state index contributed by atoms with van der Waals surface area (Å²) in [7, 11) is 4.32. The number of hydrogen-bond donors (Lipinski definition) is 2. The summed E-state index contributed by atoms with van der Waals surface area (Å²) in [6.45, 7) is 0. The summed E-state index contributed by atoms with van der Waals surface area (Å²) < 4.78 is 0. The topological polar surface area (TPSA) is 54.2 Å². The molecule has 3 N–H and O–H groups in total. The first kappa shape index (κ1) is 12.9. The molecule has 0 radical (unpaired) electrons. The number of rotatable bonds is 3. The van der Waals surface area contributed by atoms with Crippen LogP contribution in [0.1, 0.15) is 37.3 Å². The lowest BCUT2D eigenvalue weighted by Crippen LogP contribution is -2.43. The van der Waals surface area contributed by atoms with E-state index in [0.29, 0.717) is 17.8 Å². The number of fused-ring (bicyclic) bond motifs is 2. The molecule has 19 heavy (non-hydrogen) atoms. The van der Waals surface area contributed by atoms with Crippen molar-refractivity contribution in [1.29, 1.82) is 0 Å². The van der Waals surface area contributed by atoms with Crippen molar-refractivity contribution in [2.24, 2.45) is 5.92 Å². The maximum Gasteiger partial charge on any atom is 0.128 e. The Morgan fingerprint density at radius 2 is 2.05 bits per heavy atom. The Morgan fingerprint density at radius 1 is 1.37 bits per heavy atom. The lowest BCUT2D eigenvalue weighted by atomic mass is 9.82. The van der Waals surface area contributed by atoms with Crippen LogP contribution in [0, 0.1) is 5.92 Å². The fourth-order valence-electron chi connectivity index (χ4n) is 4.06. The summed E-state index contributed by atoms with van der Waals surface area (Å²) in [5, 5.41) is 3.47. The molecular formula is C15H24N4. The molecule has 2 aliphatic rings. The molecule has 2 fully saturated rings. The van der Waals surface area contributed by atoms with Crippen molar-refractivity contribution in [3.05, 3.63) is 23.9 Å². The number of anilines is 1.